The summed E-state index contributed by atoms with van der Waals surface area (Å²) in [7, 11) is -2.00. The van der Waals surface area contributed by atoms with Crippen LogP contribution in [0.4, 0.5) is 0 Å². The molecule has 1 aromatic heterocycles. The lowest BCUT2D eigenvalue weighted by Crippen LogP contribution is -2.32. The number of nitrogens with zero attached hydrogens (tertiary/aromatic N) is 3. The predicted octanol–water partition coefficient (Wildman–Crippen LogP) is 4.55. The number of hydrogen-bond donors (Lipinski definition) is 0. The monoisotopic (exact) mass is 509 g/mol. The van der Waals surface area contributed by atoms with Gasteiger partial charge in [0.15, 0.2) is 4.80 Å². The molecule has 1 amide bonds. The first kappa shape index (κ1) is 25.6. The zero-order valence-corrected chi connectivity index (χ0v) is 21.3. The van der Waals surface area contributed by atoms with E-state index in [9.17, 15) is 13.2 Å². The molecule has 0 saturated heterocycles. The van der Waals surface area contributed by atoms with Crippen LogP contribution in [0, 0.1) is 0 Å². The molecule has 10 heteroatoms. The summed E-state index contributed by atoms with van der Waals surface area (Å²) in [6, 6.07) is 11.5. The first-order chi connectivity index (χ1) is 15.8. The van der Waals surface area contributed by atoms with Gasteiger partial charge in [0, 0.05) is 32.3 Å². The fourth-order valence-corrected chi connectivity index (χ4v) is 6.52. The molecule has 3 rings (SSSR count). The summed E-state index contributed by atoms with van der Waals surface area (Å²) in [5.41, 5.74) is 1.12. The highest BCUT2D eigenvalue weighted by atomic mass is 35.5. The second-order valence-corrected chi connectivity index (χ2v) is 10.8. The number of benzene rings is 2. The van der Waals surface area contributed by atoms with E-state index in [-0.39, 0.29) is 4.90 Å². The Labute approximate surface area is 203 Å². The van der Waals surface area contributed by atoms with Crippen LogP contribution < -0.4 is 4.80 Å². The number of amides is 1. The Morgan fingerprint density at radius 2 is 1.79 bits per heavy atom. The van der Waals surface area contributed by atoms with Gasteiger partial charge in [0.25, 0.3) is 5.91 Å². The van der Waals surface area contributed by atoms with Crippen molar-refractivity contribution >= 4 is 49.1 Å². The van der Waals surface area contributed by atoms with Crippen molar-refractivity contribution in [3.8, 4) is 0 Å². The highest BCUT2D eigenvalue weighted by Crippen LogP contribution is 2.25. The molecule has 0 unspecified atom stereocenters. The first-order valence-corrected chi connectivity index (χ1v) is 13.4. The molecule has 0 fully saturated rings. The molecule has 0 N–H and O–H groups in total. The molecule has 3 aromatic rings. The number of sulfonamides is 1. The number of aromatic nitrogens is 1. The predicted molar refractivity (Wildman–Crippen MR) is 132 cm³/mol. The number of halogens is 1. The number of hydrogen-bond acceptors (Lipinski definition) is 5. The van der Waals surface area contributed by atoms with E-state index in [1.165, 1.54) is 39.9 Å². The molecule has 0 bridgehead atoms. The second kappa shape index (κ2) is 11.4. The highest BCUT2D eigenvalue weighted by Gasteiger charge is 2.23. The Bertz CT molecular complexity index is 1280. The molecule has 0 saturated carbocycles. The van der Waals surface area contributed by atoms with Crippen molar-refractivity contribution in [3.05, 3.63) is 57.9 Å². The van der Waals surface area contributed by atoms with Gasteiger partial charge in [-0.25, -0.2) is 8.42 Å². The lowest BCUT2D eigenvalue weighted by Gasteiger charge is -2.21. The SMILES string of the molecule is CCCN(CCC)S(=O)(=O)c1ccc(C(=O)N=c2sc3cccc(Cl)c3n2CCOC)cc1. The van der Waals surface area contributed by atoms with E-state index >= 15 is 0 Å². The van der Waals surface area contributed by atoms with Crippen molar-refractivity contribution in [3.63, 3.8) is 0 Å². The molecule has 0 aliphatic rings. The third-order valence-electron chi connectivity index (χ3n) is 5.05. The third-order valence-corrected chi connectivity index (χ3v) is 8.31. The van der Waals surface area contributed by atoms with E-state index in [1.807, 2.05) is 30.5 Å². The van der Waals surface area contributed by atoms with Crippen LogP contribution in [0.3, 0.4) is 0 Å². The van der Waals surface area contributed by atoms with E-state index in [0.717, 1.165) is 23.1 Å². The van der Waals surface area contributed by atoms with Gasteiger partial charge < -0.3 is 9.30 Å². The third kappa shape index (κ3) is 5.73. The maximum absolute atomic E-state index is 13.0. The summed E-state index contributed by atoms with van der Waals surface area (Å²) in [5, 5.41) is 0.576. The van der Waals surface area contributed by atoms with Crippen molar-refractivity contribution < 1.29 is 17.9 Å². The van der Waals surface area contributed by atoms with Crippen LogP contribution in [0.15, 0.2) is 52.4 Å². The number of carbonyl (C=O) groups excluding carboxylic acids is 1. The summed E-state index contributed by atoms with van der Waals surface area (Å²) in [6.07, 6.45) is 1.47. The number of thiazole rings is 1. The molecule has 1 heterocycles. The van der Waals surface area contributed by atoms with Crippen LogP contribution in [-0.2, 0) is 21.3 Å². The molecular formula is C23H28ClN3O4S2. The Kier molecular flexibility index (Phi) is 8.83. The molecule has 33 heavy (non-hydrogen) atoms. The van der Waals surface area contributed by atoms with Crippen molar-refractivity contribution in [1.82, 2.24) is 8.87 Å². The van der Waals surface area contributed by atoms with Crippen molar-refractivity contribution in [2.24, 2.45) is 4.99 Å². The molecule has 0 aliphatic carbocycles. The zero-order valence-electron chi connectivity index (χ0n) is 19.0. The van der Waals surface area contributed by atoms with E-state index in [1.54, 1.807) is 13.2 Å². The van der Waals surface area contributed by atoms with Gasteiger partial charge >= 0.3 is 0 Å². The smallest absolute Gasteiger partial charge is 0.279 e. The maximum atomic E-state index is 13.0. The van der Waals surface area contributed by atoms with Crippen molar-refractivity contribution in [2.75, 3.05) is 26.8 Å². The average Bonchev–Trinajstić information content (AvgIpc) is 3.15. The average molecular weight is 510 g/mol. The zero-order chi connectivity index (χ0) is 24.0. The molecule has 0 spiro atoms. The van der Waals surface area contributed by atoms with Gasteiger partial charge in [-0.15, -0.1) is 0 Å². The van der Waals surface area contributed by atoms with Crippen molar-refractivity contribution in [2.45, 2.75) is 38.1 Å². The summed E-state index contributed by atoms with van der Waals surface area (Å²) in [6.45, 7) is 5.75. The Morgan fingerprint density at radius 3 is 2.39 bits per heavy atom. The van der Waals surface area contributed by atoms with E-state index in [0.29, 0.717) is 41.6 Å². The summed E-state index contributed by atoms with van der Waals surface area (Å²) >= 11 is 7.76. The number of methoxy groups -OCH3 is 1. The molecule has 2 aromatic carbocycles. The first-order valence-electron chi connectivity index (χ1n) is 10.8. The van der Waals surface area contributed by atoms with E-state index in [4.69, 9.17) is 16.3 Å². The van der Waals surface area contributed by atoms with E-state index < -0.39 is 15.9 Å². The van der Waals surface area contributed by atoms with Crippen LogP contribution in [0.1, 0.15) is 37.0 Å². The minimum Gasteiger partial charge on any atom is -0.383 e. The van der Waals surface area contributed by atoms with Gasteiger partial charge in [-0.1, -0.05) is 42.9 Å². The number of para-hydroxylation sites is 1. The fraction of sp³-hybridized carbons (Fsp3) is 0.391. The van der Waals surface area contributed by atoms with Crippen LogP contribution in [0.25, 0.3) is 10.2 Å². The quantitative estimate of drug-likeness (QED) is 0.401. The minimum absolute atomic E-state index is 0.171. The number of fused-ring (bicyclic) bond motifs is 1. The molecule has 0 radical (unpaired) electrons. The lowest BCUT2D eigenvalue weighted by atomic mass is 10.2. The fourth-order valence-electron chi connectivity index (χ4n) is 3.48. The highest BCUT2D eigenvalue weighted by molar-refractivity contribution is 7.89. The topological polar surface area (TPSA) is 81.0 Å². The van der Waals surface area contributed by atoms with Gasteiger partial charge in [0.1, 0.15) is 0 Å². The van der Waals surface area contributed by atoms with Crippen LogP contribution >= 0.6 is 22.9 Å². The van der Waals surface area contributed by atoms with Crippen molar-refractivity contribution in [1.29, 1.82) is 0 Å². The molecule has 0 atom stereocenters. The van der Waals surface area contributed by atoms with Gasteiger partial charge in [0.2, 0.25) is 10.0 Å². The normalized spacial score (nSPS) is 12.7. The second-order valence-electron chi connectivity index (χ2n) is 7.46. The summed E-state index contributed by atoms with van der Waals surface area (Å²) in [4.78, 5) is 17.9. The van der Waals surface area contributed by atoms with Gasteiger partial charge in [0.05, 0.1) is 26.7 Å². The lowest BCUT2D eigenvalue weighted by molar-refractivity contribution is 0.0997. The number of ether oxygens (including phenoxy) is 1. The summed E-state index contributed by atoms with van der Waals surface area (Å²) in [5.74, 6) is -0.452. The summed E-state index contributed by atoms with van der Waals surface area (Å²) < 4.78 is 35.4. The number of carbonyl (C=O) groups is 1. The standard InChI is InChI=1S/C23H28ClN3O4S2/c1-4-13-26(14-5-2)33(29,30)18-11-9-17(10-12-18)22(28)25-23-27(15-16-31-3)21-19(24)7-6-8-20(21)32-23/h6-12H,4-5,13-16H2,1-3H3. The van der Waals surface area contributed by atoms with E-state index in [2.05, 4.69) is 4.99 Å². The van der Waals surface area contributed by atoms with Gasteiger partial charge in [-0.3, -0.25) is 4.79 Å². The van der Waals surface area contributed by atoms with Crippen LogP contribution in [0.5, 0.6) is 0 Å². The minimum atomic E-state index is -3.60. The Balaban J connectivity index is 1.95. The van der Waals surface area contributed by atoms with Crippen LogP contribution in [-0.4, -0.2) is 50.0 Å². The molecule has 0 aliphatic heterocycles. The largest absolute Gasteiger partial charge is 0.383 e. The molecule has 178 valence electrons. The van der Waals surface area contributed by atoms with Crippen LogP contribution in [0.2, 0.25) is 5.02 Å². The number of rotatable bonds is 10. The Morgan fingerprint density at radius 1 is 1.12 bits per heavy atom. The Hall–Kier alpha value is -2.04. The molecule has 7 nitrogen and oxygen atoms in total. The maximum Gasteiger partial charge on any atom is 0.279 e. The van der Waals surface area contributed by atoms with Gasteiger partial charge in [-0.2, -0.15) is 9.30 Å². The molecular weight excluding hydrogens is 482 g/mol. The van der Waals surface area contributed by atoms with Gasteiger partial charge in [-0.05, 0) is 49.2 Å².